The fraction of sp³-hybridized carbons (Fsp3) is 0.263. The lowest BCUT2D eigenvalue weighted by atomic mass is 10.1. The quantitative estimate of drug-likeness (QED) is 0.442. The third-order valence-electron chi connectivity index (χ3n) is 4.29. The summed E-state index contributed by atoms with van der Waals surface area (Å²) in [5.41, 5.74) is 0.552. The van der Waals surface area contributed by atoms with E-state index in [1.807, 2.05) is 19.1 Å². The van der Waals surface area contributed by atoms with Gasteiger partial charge in [-0.25, -0.2) is 4.79 Å². The van der Waals surface area contributed by atoms with Gasteiger partial charge in [0.05, 0.1) is 15.4 Å². The predicted molar refractivity (Wildman–Crippen MR) is 104 cm³/mol. The molecule has 0 aliphatic carbocycles. The minimum absolute atomic E-state index is 0.183. The third-order valence-corrected chi connectivity index (χ3v) is 4.29. The van der Waals surface area contributed by atoms with Gasteiger partial charge in [0.25, 0.3) is 17.3 Å². The molecule has 0 bridgehead atoms. The first-order valence-electron chi connectivity index (χ1n) is 8.53. The Morgan fingerprint density at radius 2 is 1.55 bits per heavy atom. The molecule has 0 fully saturated rings. The first-order chi connectivity index (χ1) is 13.5. The molecule has 10 heteroatoms. The van der Waals surface area contributed by atoms with Gasteiger partial charge in [-0.05, 0) is 44.9 Å². The maximum Gasteiger partial charge on any atom is 0.339 e. The van der Waals surface area contributed by atoms with Gasteiger partial charge in [0.2, 0.25) is 0 Å². The standard InChI is InChI=1S/C19H19N3O7/c1-10-5-6-11(2)15(7-10)20-18(23)13(4)29-19(24)14-8-16(21(25)26)12(3)17(9-14)22(27)28/h5-9,13H,1-4H3,(H,20,23)/t13-/m0/s1. The molecule has 0 unspecified atom stereocenters. The Kier molecular flexibility index (Phi) is 6.27. The first kappa shape index (κ1) is 21.5. The molecule has 0 aliphatic rings. The van der Waals surface area contributed by atoms with Crippen molar-refractivity contribution in [2.24, 2.45) is 0 Å². The number of carbonyl (C=O) groups excluding carboxylic acids is 2. The average molecular weight is 401 g/mol. The van der Waals surface area contributed by atoms with Crippen molar-refractivity contribution < 1.29 is 24.2 Å². The van der Waals surface area contributed by atoms with Crippen molar-refractivity contribution >= 4 is 28.9 Å². The molecule has 2 aromatic rings. The molecule has 1 atom stereocenters. The van der Waals surface area contributed by atoms with Crippen LogP contribution in [0.15, 0.2) is 30.3 Å². The Morgan fingerprint density at radius 3 is 2.07 bits per heavy atom. The van der Waals surface area contributed by atoms with Crippen LogP contribution in [0, 0.1) is 41.0 Å². The summed E-state index contributed by atoms with van der Waals surface area (Å²) < 4.78 is 5.05. The van der Waals surface area contributed by atoms with Crippen LogP contribution < -0.4 is 5.32 Å². The third kappa shape index (κ3) is 4.92. The number of nitrogens with one attached hydrogen (secondary N) is 1. The van der Waals surface area contributed by atoms with Crippen LogP contribution in [0.2, 0.25) is 0 Å². The molecule has 2 aromatic carbocycles. The molecule has 1 N–H and O–H groups in total. The van der Waals surface area contributed by atoms with Crippen molar-refractivity contribution in [3.05, 3.63) is 72.8 Å². The molecular weight excluding hydrogens is 382 g/mol. The topological polar surface area (TPSA) is 142 Å². The van der Waals surface area contributed by atoms with Crippen LogP contribution in [-0.2, 0) is 9.53 Å². The first-order valence-corrected chi connectivity index (χ1v) is 8.53. The molecule has 152 valence electrons. The summed E-state index contributed by atoms with van der Waals surface area (Å²) in [6.45, 7) is 6.20. The van der Waals surface area contributed by atoms with Gasteiger partial charge in [-0.1, -0.05) is 12.1 Å². The summed E-state index contributed by atoms with van der Waals surface area (Å²) in [5.74, 6) is -1.69. The highest BCUT2D eigenvalue weighted by Crippen LogP contribution is 2.29. The molecule has 0 saturated carbocycles. The fourth-order valence-electron chi connectivity index (χ4n) is 2.57. The Hall–Kier alpha value is -3.82. The second-order valence-corrected chi connectivity index (χ2v) is 6.51. The molecule has 0 aromatic heterocycles. The van der Waals surface area contributed by atoms with E-state index in [0.717, 1.165) is 23.3 Å². The largest absolute Gasteiger partial charge is 0.449 e. The molecule has 0 aliphatic heterocycles. The normalized spacial score (nSPS) is 11.4. The number of aryl methyl sites for hydroxylation is 2. The second-order valence-electron chi connectivity index (χ2n) is 6.51. The molecule has 10 nitrogen and oxygen atoms in total. The number of nitro groups is 2. The van der Waals surface area contributed by atoms with Crippen LogP contribution in [0.25, 0.3) is 0 Å². The molecule has 0 saturated heterocycles. The van der Waals surface area contributed by atoms with Gasteiger partial charge in [-0.3, -0.25) is 25.0 Å². The number of nitro benzene ring substituents is 2. The van der Waals surface area contributed by atoms with E-state index in [9.17, 15) is 29.8 Å². The van der Waals surface area contributed by atoms with Crippen molar-refractivity contribution in [2.45, 2.75) is 33.8 Å². The van der Waals surface area contributed by atoms with Crippen LogP contribution in [0.5, 0.6) is 0 Å². The summed E-state index contributed by atoms with van der Waals surface area (Å²) in [7, 11) is 0. The van der Waals surface area contributed by atoms with E-state index in [-0.39, 0.29) is 11.1 Å². The summed E-state index contributed by atoms with van der Waals surface area (Å²) in [6, 6.07) is 7.24. The van der Waals surface area contributed by atoms with Crippen LogP contribution in [0.4, 0.5) is 17.1 Å². The lowest BCUT2D eigenvalue weighted by Gasteiger charge is -2.15. The summed E-state index contributed by atoms with van der Waals surface area (Å²) >= 11 is 0. The SMILES string of the molecule is Cc1ccc(C)c(NC(=O)[C@H](C)OC(=O)c2cc([N+](=O)[O-])c(C)c([N+](=O)[O-])c2)c1. The Morgan fingerprint density at radius 1 is 1.00 bits per heavy atom. The van der Waals surface area contributed by atoms with E-state index < -0.39 is 39.2 Å². The van der Waals surface area contributed by atoms with Crippen LogP contribution in [0.3, 0.4) is 0 Å². The van der Waals surface area contributed by atoms with E-state index in [0.29, 0.717) is 5.69 Å². The zero-order valence-electron chi connectivity index (χ0n) is 16.2. The molecule has 0 heterocycles. The highest BCUT2D eigenvalue weighted by atomic mass is 16.6. The van der Waals surface area contributed by atoms with Gasteiger partial charge in [0.15, 0.2) is 6.10 Å². The number of carbonyl (C=O) groups is 2. The molecule has 0 spiro atoms. The van der Waals surface area contributed by atoms with E-state index >= 15 is 0 Å². The number of ether oxygens (including phenoxy) is 1. The number of rotatable bonds is 6. The second kappa shape index (κ2) is 8.46. The van der Waals surface area contributed by atoms with Crippen LogP contribution >= 0.6 is 0 Å². The highest BCUT2D eigenvalue weighted by molar-refractivity contribution is 5.98. The molecule has 0 radical (unpaired) electrons. The van der Waals surface area contributed by atoms with Gasteiger partial charge < -0.3 is 10.1 Å². The van der Waals surface area contributed by atoms with Gasteiger partial charge in [0.1, 0.15) is 5.56 Å². The van der Waals surface area contributed by atoms with Crippen molar-refractivity contribution in [1.82, 2.24) is 0 Å². The zero-order chi connectivity index (χ0) is 21.9. The zero-order valence-corrected chi connectivity index (χ0v) is 16.2. The molecule has 2 rings (SSSR count). The average Bonchev–Trinajstić information content (AvgIpc) is 2.64. The van der Waals surface area contributed by atoms with Crippen molar-refractivity contribution in [3.8, 4) is 0 Å². The van der Waals surface area contributed by atoms with E-state index in [1.165, 1.54) is 13.8 Å². The van der Waals surface area contributed by atoms with Crippen molar-refractivity contribution in [1.29, 1.82) is 0 Å². The van der Waals surface area contributed by atoms with Crippen molar-refractivity contribution in [2.75, 3.05) is 5.32 Å². The Labute approximate surface area is 165 Å². The maximum absolute atomic E-state index is 12.3. The number of benzene rings is 2. The van der Waals surface area contributed by atoms with Gasteiger partial charge in [-0.2, -0.15) is 0 Å². The number of nitrogens with zero attached hydrogens (tertiary/aromatic N) is 2. The maximum atomic E-state index is 12.3. The number of hydrogen-bond acceptors (Lipinski definition) is 7. The molecule has 29 heavy (non-hydrogen) atoms. The van der Waals surface area contributed by atoms with E-state index in [2.05, 4.69) is 5.32 Å². The molecular formula is C19H19N3O7. The number of esters is 1. The Bertz CT molecular complexity index is 982. The van der Waals surface area contributed by atoms with Gasteiger partial charge >= 0.3 is 5.97 Å². The van der Waals surface area contributed by atoms with Crippen LogP contribution in [-0.4, -0.2) is 27.8 Å². The number of hydrogen-bond donors (Lipinski definition) is 1. The number of amides is 1. The minimum Gasteiger partial charge on any atom is -0.449 e. The van der Waals surface area contributed by atoms with Gasteiger partial charge in [0, 0.05) is 17.8 Å². The molecule has 1 amide bonds. The lowest BCUT2D eigenvalue weighted by molar-refractivity contribution is -0.395. The van der Waals surface area contributed by atoms with Crippen LogP contribution in [0.1, 0.15) is 34.0 Å². The summed E-state index contributed by atoms with van der Waals surface area (Å²) in [6.07, 6.45) is -1.23. The Balaban J connectivity index is 2.22. The predicted octanol–water partition coefficient (Wildman–Crippen LogP) is 3.61. The van der Waals surface area contributed by atoms with Gasteiger partial charge in [-0.15, -0.1) is 0 Å². The fourth-order valence-corrected chi connectivity index (χ4v) is 2.57. The summed E-state index contributed by atoms with van der Waals surface area (Å²) in [5, 5.41) is 24.9. The smallest absolute Gasteiger partial charge is 0.339 e. The summed E-state index contributed by atoms with van der Waals surface area (Å²) in [4.78, 5) is 45.3. The van der Waals surface area contributed by atoms with Crippen molar-refractivity contribution in [3.63, 3.8) is 0 Å². The highest BCUT2D eigenvalue weighted by Gasteiger charge is 2.27. The monoisotopic (exact) mass is 401 g/mol. The lowest BCUT2D eigenvalue weighted by Crippen LogP contribution is -2.30. The minimum atomic E-state index is -1.23. The van der Waals surface area contributed by atoms with E-state index in [4.69, 9.17) is 4.74 Å². The van der Waals surface area contributed by atoms with E-state index in [1.54, 1.807) is 13.0 Å². The number of anilines is 1.